The third-order valence-corrected chi connectivity index (χ3v) is 4.45. The van der Waals surface area contributed by atoms with Gasteiger partial charge in [0.25, 0.3) is 0 Å². The van der Waals surface area contributed by atoms with Crippen LogP contribution >= 0.6 is 0 Å². The second-order valence-corrected chi connectivity index (χ2v) is 6.37. The third kappa shape index (κ3) is 4.64. The van der Waals surface area contributed by atoms with Gasteiger partial charge in [-0.1, -0.05) is 30.3 Å². The summed E-state index contributed by atoms with van der Waals surface area (Å²) < 4.78 is 42.7. The summed E-state index contributed by atoms with van der Waals surface area (Å²) >= 11 is 0. The number of carboxylic acid groups (broad SMARTS) is 1. The van der Waals surface area contributed by atoms with E-state index in [1.54, 1.807) is 19.2 Å². The Balaban J connectivity index is 1.86. The Morgan fingerprint density at radius 3 is 2.46 bits per heavy atom. The number of hydrogen-bond donors (Lipinski definition) is 2. The molecule has 1 aromatic heterocycles. The first-order valence-corrected chi connectivity index (χ1v) is 8.58. The van der Waals surface area contributed by atoms with Crippen LogP contribution in [0.15, 0.2) is 54.7 Å². The number of nitrogens with zero attached hydrogens (tertiary/aromatic N) is 1. The number of rotatable bonds is 7. The van der Waals surface area contributed by atoms with Gasteiger partial charge in [-0.2, -0.15) is 0 Å². The number of halogens is 3. The van der Waals surface area contributed by atoms with Gasteiger partial charge in [0.2, 0.25) is 0 Å². The Kier molecular flexibility index (Phi) is 5.60. The molecule has 148 valence electrons. The fourth-order valence-electron chi connectivity index (χ4n) is 3.14. The lowest BCUT2D eigenvalue weighted by Crippen LogP contribution is -2.35. The summed E-state index contributed by atoms with van der Waals surface area (Å²) in [6.45, 7) is 0.435. The maximum absolute atomic E-state index is 12.3. The fourth-order valence-corrected chi connectivity index (χ4v) is 3.14. The average Bonchev–Trinajstić information content (AvgIpc) is 2.97. The Labute approximate surface area is 159 Å². The molecule has 0 saturated carbocycles. The highest BCUT2D eigenvalue weighted by Gasteiger charge is 2.31. The van der Waals surface area contributed by atoms with Gasteiger partial charge in [0, 0.05) is 30.1 Å². The van der Waals surface area contributed by atoms with E-state index in [1.807, 2.05) is 35.0 Å². The maximum Gasteiger partial charge on any atom is 0.573 e. The zero-order valence-electron chi connectivity index (χ0n) is 15.0. The summed E-state index contributed by atoms with van der Waals surface area (Å²) in [5, 5.41) is 13.0. The van der Waals surface area contributed by atoms with E-state index in [0.29, 0.717) is 13.0 Å². The largest absolute Gasteiger partial charge is 0.573 e. The number of para-hydroxylation sites is 1. The fraction of sp³-hybridized carbons (Fsp3) is 0.250. The number of benzene rings is 2. The number of fused-ring (bicyclic) bond motifs is 1. The van der Waals surface area contributed by atoms with Gasteiger partial charge in [0.15, 0.2) is 0 Å². The van der Waals surface area contributed by atoms with E-state index >= 15 is 0 Å². The van der Waals surface area contributed by atoms with Crippen LogP contribution in [-0.4, -0.2) is 35.1 Å². The molecule has 2 aromatic carbocycles. The first-order chi connectivity index (χ1) is 13.3. The van der Waals surface area contributed by atoms with Crippen LogP contribution in [-0.2, 0) is 17.8 Å². The van der Waals surface area contributed by atoms with Gasteiger partial charge in [0.05, 0.1) is 0 Å². The van der Waals surface area contributed by atoms with E-state index < -0.39 is 18.4 Å². The molecule has 0 saturated heterocycles. The van der Waals surface area contributed by atoms with Gasteiger partial charge >= 0.3 is 12.3 Å². The van der Waals surface area contributed by atoms with Crippen LogP contribution in [0.4, 0.5) is 13.2 Å². The number of hydrogen-bond acceptors (Lipinski definition) is 3. The van der Waals surface area contributed by atoms with Gasteiger partial charge in [-0.25, -0.2) is 0 Å². The SMILES string of the molecule is CN[C@@H](Cc1cn(Cc2ccc(OC(F)(F)F)cc2)c2ccccc12)C(=O)O. The maximum atomic E-state index is 12.3. The molecule has 5 nitrogen and oxygen atoms in total. The van der Waals surface area contributed by atoms with E-state index in [-0.39, 0.29) is 5.75 Å². The molecule has 0 fully saturated rings. The number of aromatic nitrogens is 1. The zero-order valence-corrected chi connectivity index (χ0v) is 15.0. The minimum atomic E-state index is -4.72. The highest BCUT2D eigenvalue weighted by atomic mass is 19.4. The number of likely N-dealkylation sites (N-methyl/N-ethyl adjacent to an activating group) is 1. The van der Waals surface area contributed by atoms with E-state index in [4.69, 9.17) is 0 Å². The molecule has 28 heavy (non-hydrogen) atoms. The minimum absolute atomic E-state index is 0.271. The van der Waals surface area contributed by atoms with Crippen LogP contribution in [0.25, 0.3) is 10.9 Å². The van der Waals surface area contributed by atoms with Crippen molar-refractivity contribution in [1.82, 2.24) is 9.88 Å². The lowest BCUT2D eigenvalue weighted by Gasteiger charge is -2.10. The van der Waals surface area contributed by atoms with Gasteiger partial charge in [-0.15, -0.1) is 13.2 Å². The summed E-state index contributed by atoms with van der Waals surface area (Å²) in [5.41, 5.74) is 2.60. The van der Waals surface area contributed by atoms with Gasteiger partial charge in [-0.3, -0.25) is 4.79 Å². The van der Waals surface area contributed by atoms with Crippen molar-refractivity contribution >= 4 is 16.9 Å². The van der Waals surface area contributed by atoms with Crippen molar-refractivity contribution in [3.63, 3.8) is 0 Å². The van der Waals surface area contributed by atoms with E-state index in [9.17, 15) is 23.1 Å². The summed E-state index contributed by atoms with van der Waals surface area (Å²) in [6.07, 6.45) is -2.52. The highest BCUT2D eigenvalue weighted by Crippen LogP contribution is 2.26. The Hall–Kier alpha value is -3.00. The number of ether oxygens (including phenoxy) is 1. The molecule has 1 heterocycles. The number of carbonyl (C=O) groups is 1. The van der Waals surface area contributed by atoms with Crippen molar-refractivity contribution in [2.24, 2.45) is 0 Å². The van der Waals surface area contributed by atoms with Crippen LogP contribution in [0.3, 0.4) is 0 Å². The number of alkyl halides is 3. The predicted molar refractivity (Wildman–Crippen MR) is 98.4 cm³/mol. The van der Waals surface area contributed by atoms with E-state index in [2.05, 4.69) is 10.1 Å². The number of carboxylic acids is 1. The Bertz CT molecular complexity index is 965. The number of nitrogens with one attached hydrogen (secondary N) is 1. The Morgan fingerprint density at radius 2 is 1.86 bits per heavy atom. The molecule has 0 radical (unpaired) electrons. The molecule has 0 aliphatic carbocycles. The number of aliphatic carboxylic acids is 1. The average molecular weight is 392 g/mol. The van der Waals surface area contributed by atoms with Crippen molar-refractivity contribution < 1.29 is 27.8 Å². The van der Waals surface area contributed by atoms with Crippen molar-refractivity contribution in [2.75, 3.05) is 7.05 Å². The van der Waals surface area contributed by atoms with Gasteiger partial charge in [-0.05, 0) is 36.4 Å². The molecule has 0 bridgehead atoms. The van der Waals surface area contributed by atoms with E-state index in [1.165, 1.54) is 12.1 Å². The summed E-state index contributed by atoms with van der Waals surface area (Å²) in [7, 11) is 1.60. The van der Waals surface area contributed by atoms with Crippen LogP contribution < -0.4 is 10.1 Å². The standard InChI is InChI=1S/C20H19F3N2O3/c1-24-17(19(26)27)10-14-12-25(18-5-3-2-4-16(14)18)11-13-6-8-15(9-7-13)28-20(21,22)23/h2-9,12,17,24H,10-11H2,1H3,(H,26,27)/t17-/m0/s1. The molecule has 1 atom stereocenters. The molecule has 0 aliphatic rings. The van der Waals surface area contributed by atoms with Crippen LogP contribution in [0.2, 0.25) is 0 Å². The predicted octanol–water partition coefficient (Wildman–Crippen LogP) is 3.80. The molecule has 0 spiro atoms. The van der Waals surface area contributed by atoms with Crippen molar-refractivity contribution in [2.45, 2.75) is 25.4 Å². The van der Waals surface area contributed by atoms with Crippen molar-refractivity contribution in [3.05, 3.63) is 65.9 Å². The van der Waals surface area contributed by atoms with Gasteiger partial charge in [0.1, 0.15) is 11.8 Å². The second-order valence-electron chi connectivity index (χ2n) is 6.37. The minimum Gasteiger partial charge on any atom is -0.480 e. The molecule has 3 rings (SSSR count). The molecular weight excluding hydrogens is 373 g/mol. The topological polar surface area (TPSA) is 63.5 Å². The quantitative estimate of drug-likeness (QED) is 0.642. The van der Waals surface area contributed by atoms with Gasteiger partial charge < -0.3 is 19.7 Å². The smallest absolute Gasteiger partial charge is 0.480 e. The van der Waals surface area contributed by atoms with Crippen LogP contribution in [0.5, 0.6) is 5.75 Å². The second kappa shape index (κ2) is 7.93. The third-order valence-electron chi connectivity index (χ3n) is 4.45. The highest BCUT2D eigenvalue weighted by molar-refractivity contribution is 5.85. The normalized spacial score (nSPS) is 12.9. The molecule has 3 aromatic rings. The summed E-state index contributed by atoms with van der Waals surface area (Å²) in [4.78, 5) is 11.3. The lowest BCUT2D eigenvalue weighted by atomic mass is 10.1. The van der Waals surface area contributed by atoms with Crippen LogP contribution in [0.1, 0.15) is 11.1 Å². The Morgan fingerprint density at radius 1 is 1.18 bits per heavy atom. The zero-order chi connectivity index (χ0) is 20.3. The summed E-state index contributed by atoms with van der Waals surface area (Å²) in [6, 6.07) is 12.6. The van der Waals surface area contributed by atoms with Crippen molar-refractivity contribution in [3.8, 4) is 5.75 Å². The molecule has 0 unspecified atom stereocenters. The first-order valence-electron chi connectivity index (χ1n) is 8.58. The monoisotopic (exact) mass is 392 g/mol. The molecule has 0 aliphatic heterocycles. The van der Waals surface area contributed by atoms with E-state index in [0.717, 1.165) is 22.0 Å². The molecular formula is C20H19F3N2O3. The lowest BCUT2D eigenvalue weighted by molar-refractivity contribution is -0.274. The molecule has 0 amide bonds. The van der Waals surface area contributed by atoms with Crippen LogP contribution in [0, 0.1) is 0 Å². The molecule has 8 heteroatoms. The first kappa shape index (κ1) is 19.8. The summed E-state index contributed by atoms with van der Waals surface area (Å²) in [5.74, 6) is -1.20. The molecule has 2 N–H and O–H groups in total. The van der Waals surface area contributed by atoms with Crippen molar-refractivity contribution in [1.29, 1.82) is 0 Å².